The smallest absolute Gasteiger partial charge is 0.371 e. The van der Waals surface area contributed by atoms with Crippen molar-refractivity contribution in [3.8, 4) is 0 Å². The molecule has 1 aromatic heterocycles. The number of aromatic carboxylic acids is 1. The van der Waals surface area contributed by atoms with Gasteiger partial charge in [0, 0.05) is 12.7 Å². The summed E-state index contributed by atoms with van der Waals surface area (Å²) >= 11 is 0. The molecule has 1 aromatic carbocycles. The Bertz CT molecular complexity index is 668. The number of nitrogens with zero attached hydrogens (tertiary/aromatic N) is 1. The molecule has 110 valence electrons. The van der Waals surface area contributed by atoms with E-state index in [1.165, 1.54) is 42.3 Å². The van der Waals surface area contributed by atoms with Gasteiger partial charge in [0.1, 0.15) is 11.6 Å². The van der Waals surface area contributed by atoms with Crippen LogP contribution in [0.15, 0.2) is 40.8 Å². The molecule has 0 fully saturated rings. The number of hydrogen-bond acceptors (Lipinski definition) is 3. The van der Waals surface area contributed by atoms with Crippen LogP contribution in [0.2, 0.25) is 0 Å². The Morgan fingerprint density at radius 2 is 2.10 bits per heavy atom. The zero-order chi connectivity index (χ0) is 15.4. The zero-order valence-electron chi connectivity index (χ0n) is 11.2. The largest absolute Gasteiger partial charge is 0.475 e. The molecule has 2 N–H and O–H groups in total. The van der Waals surface area contributed by atoms with Crippen molar-refractivity contribution in [3.05, 3.63) is 53.7 Å². The minimum absolute atomic E-state index is 0.0335. The maximum absolute atomic E-state index is 13.1. The lowest BCUT2D eigenvalue weighted by Crippen LogP contribution is -2.36. The number of furan rings is 1. The number of carbonyl (C=O) groups excluding carboxylic acids is 1. The Morgan fingerprint density at radius 1 is 1.33 bits per heavy atom. The van der Waals surface area contributed by atoms with Crippen molar-refractivity contribution in [2.45, 2.75) is 6.54 Å². The monoisotopic (exact) mass is 292 g/mol. The van der Waals surface area contributed by atoms with E-state index in [4.69, 9.17) is 9.52 Å². The second-order valence-corrected chi connectivity index (χ2v) is 4.27. The van der Waals surface area contributed by atoms with E-state index in [1.54, 1.807) is 6.07 Å². The van der Waals surface area contributed by atoms with Crippen LogP contribution in [0.1, 0.15) is 16.3 Å². The van der Waals surface area contributed by atoms with E-state index in [0.717, 1.165) is 0 Å². The molecule has 1 heterocycles. The lowest BCUT2D eigenvalue weighted by molar-refractivity contribution is 0.0660. The predicted octanol–water partition coefficient (Wildman–Crippen LogP) is 2.46. The van der Waals surface area contributed by atoms with Crippen molar-refractivity contribution in [3.63, 3.8) is 0 Å². The van der Waals surface area contributed by atoms with Crippen molar-refractivity contribution in [1.82, 2.24) is 5.32 Å². The number of rotatable bonds is 4. The molecule has 6 nitrogen and oxygen atoms in total. The number of carboxylic acids is 1. The highest BCUT2D eigenvalue weighted by Crippen LogP contribution is 2.14. The maximum Gasteiger partial charge on any atom is 0.371 e. The van der Waals surface area contributed by atoms with Gasteiger partial charge in [0.15, 0.2) is 0 Å². The minimum Gasteiger partial charge on any atom is -0.475 e. The molecular formula is C14H13FN2O4. The van der Waals surface area contributed by atoms with E-state index in [2.05, 4.69) is 5.32 Å². The number of halogens is 1. The molecule has 0 atom stereocenters. The van der Waals surface area contributed by atoms with E-state index >= 15 is 0 Å². The van der Waals surface area contributed by atoms with Gasteiger partial charge in [0.2, 0.25) is 5.76 Å². The average molecular weight is 292 g/mol. The molecule has 2 amide bonds. The van der Waals surface area contributed by atoms with Crippen LogP contribution in [0.4, 0.5) is 14.9 Å². The first-order valence-electron chi connectivity index (χ1n) is 6.06. The summed E-state index contributed by atoms with van der Waals surface area (Å²) in [4.78, 5) is 23.8. The topological polar surface area (TPSA) is 82.8 Å². The van der Waals surface area contributed by atoms with Gasteiger partial charge in [0.05, 0.1) is 6.54 Å². The molecule has 0 bridgehead atoms. The molecule has 0 aliphatic rings. The number of hydrogen-bond donors (Lipinski definition) is 2. The molecule has 0 unspecified atom stereocenters. The number of carbonyl (C=O) groups is 2. The molecule has 2 rings (SSSR count). The molecule has 0 radical (unpaired) electrons. The molecule has 0 spiro atoms. The minimum atomic E-state index is -1.18. The Balaban J connectivity index is 1.96. The number of amides is 2. The molecule has 2 aromatic rings. The van der Waals surface area contributed by atoms with Crippen LogP contribution in [0.5, 0.6) is 0 Å². The summed E-state index contributed by atoms with van der Waals surface area (Å²) in [6.45, 7) is 0.0335. The van der Waals surface area contributed by atoms with Gasteiger partial charge in [0.25, 0.3) is 0 Å². The fraction of sp³-hybridized carbons (Fsp3) is 0.143. The zero-order valence-corrected chi connectivity index (χ0v) is 11.2. The van der Waals surface area contributed by atoms with Crippen LogP contribution in [-0.4, -0.2) is 24.2 Å². The van der Waals surface area contributed by atoms with E-state index in [0.29, 0.717) is 11.4 Å². The second kappa shape index (κ2) is 6.08. The summed E-state index contributed by atoms with van der Waals surface area (Å²) in [6, 6.07) is 7.92. The Labute approximate surface area is 119 Å². The highest BCUT2D eigenvalue weighted by atomic mass is 19.1. The van der Waals surface area contributed by atoms with Crippen molar-refractivity contribution in [1.29, 1.82) is 0 Å². The summed E-state index contributed by atoms with van der Waals surface area (Å²) in [5, 5.41) is 11.3. The van der Waals surface area contributed by atoms with Crippen LogP contribution >= 0.6 is 0 Å². The number of benzene rings is 1. The van der Waals surface area contributed by atoms with Gasteiger partial charge < -0.3 is 14.8 Å². The van der Waals surface area contributed by atoms with Crippen molar-refractivity contribution in [2.75, 3.05) is 11.9 Å². The highest BCUT2D eigenvalue weighted by molar-refractivity contribution is 5.91. The number of anilines is 1. The van der Waals surface area contributed by atoms with Gasteiger partial charge in [-0.05, 0) is 30.3 Å². The average Bonchev–Trinajstić information content (AvgIpc) is 2.93. The summed E-state index contributed by atoms with van der Waals surface area (Å²) in [7, 11) is 1.49. The number of carboxylic acid groups (broad SMARTS) is 1. The lowest BCUT2D eigenvalue weighted by atomic mass is 10.3. The lowest BCUT2D eigenvalue weighted by Gasteiger charge is -2.17. The molecule has 0 saturated carbocycles. The molecule has 0 aliphatic carbocycles. The Morgan fingerprint density at radius 3 is 2.71 bits per heavy atom. The van der Waals surface area contributed by atoms with Crippen molar-refractivity contribution in [2.24, 2.45) is 0 Å². The molecule has 0 aliphatic heterocycles. The van der Waals surface area contributed by atoms with Crippen molar-refractivity contribution < 1.29 is 23.5 Å². The van der Waals surface area contributed by atoms with Gasteiger partial charge in [-0.1, -0.05) is 6.07 Å². The molecule has 0 saturated heterocycles. The van der Waals surface area contributed by atoms with Gasteiger partial charge in [-0.2, -0.15) is 0 Å². The third kappa shape index (κ3) is 3.59. The molecular weight excluding hydrogens is 279 g/mol. The van der Waals surface area contributed by atoms with Crippen LogP contribution in [0.25, 0.3) is 0 Å². The van der Waals surface area contributed by atoms with Crippen LogP contribution in [0, 0.1) is 5.82 Å². The summed E-state index contributed by atoms with van der Waals surface area (Å²) in [5.74, 6) is -1.50. The third-order valence-electron chi connectivity index (χ3n) is 2.79. The Kier molecular flexibility index (Phi) is 4.22. The van der Waals surface area contributed by atoms with Crippen molar-refractivity contribution >= 4 is 17.7 Å². The first-order valence-corrected chi connectivity index (χ1v) is 6.06. The third-order valence-corrected chi connectivity index (χ3v) is 2.79. The fourth-order valence-corrected chi connectivity index (χ4v) is 1.67. The van der Waals surface area contributed by atoms with Crippen LogP contribution in [-0.2, 0) is 6.54 Å². The standard InChI is InChI=1S/C14H13FN2O4/c1-17(10-4-2-3-9(15)7-10)14(20)16-8-11-5-6-12(21-11)13(18)19/h2-7H,8H2,1H3,(H,16,20)(H,18,19). The highest BCUT2D eigenvalue weighted by Gasteiger charge is 2.13. The van der Waals surface area contributed by atoms with Gasteiger partial charge >= 0.3 is 12.0 Å². The first-order chi connectivity index (χ1) is 9.97. The first kappa shape index (κ1) is 14.6. The fourth-order valence-electron chi connectivity index (χ4n) is 1.67. The van der Waals surface area contributed by atoms with Crippen LogP contribution < -0.4 is 10.2 Å². The summed E-state index contributed by atoms with van der Waals surface area (Å²) in [5.41, 5.74) is 0.401. The van der Waals surface area contributed by atoms with E-state index < -0.39 is 17.8 Å². The number of nitrogens with one attached hydrogen (secondary N) is 1. The predicted molar refractivity (Wildman–Crippen MR) is 72.7 cm³/mol. The van der Waals surface area contributed by atoms with Gasteiger partial charge in [-0.25, -0.2) is 14.0 Å². The van der Waals surface area contributed by atoms with E-state index in [9.17, 15) is 14.0 Å². The van der Waals surface area contributed by atoms with E-state index in [-0.39, 0.29) is 12.3 Å². The quantitative estimate of drug-likeness (QED) is 0.906. The van der Waals surface area contributed by atoms with Crippen LogP contribution in [0.3, 0.4) is 0 Å². The summed E-state index contributed by atoms with van der Waals surface area (Å²) < 4.78 is 18.1. The molecule has 7 heteroatoms. The maximum atomic E-state index is 13.1. The molecule has 21 heavy (non-hydrogen) atoms. The Hall–Kier alpha value is -2.83. The SMILES string of the molecule is CN(C(=O)NCc1ccc(C(=O)O)o1)c1cccc(F)c1. The normalized spacial score (nSPS) is 10.2. The number of urea groups is 1. The second-order valence-electron chi connectivity index (χ2n) is 4.27. The summed E-state index contributed by atoms with van der Waals surface area (Å²) in [6.07, 6.45) is 0. The van der Waals surface area contributed by atoms with Gasteiger partial charge in [-0.3, -0.25) is 4.90 Å². The van der Waals surface area contributed by atoms with E-state index in [1.807, 2.05) is 0 Å². The van der Waals surface area contributed by atoms with Gasteiger partial charge in [-0.15, -0.1) is 0 Å².